The molecule has 1 aliphatic rings. The summed E-state index contributed by atoms with van der Waals surface area (Å²) in [6, 6.07) is 21.5. The van der Waals surface area contributed by atoms with Crippen molar-refractivity contribution in [1.82, 2.24) is 14.9 Å². The summed E-state index contributed by atoms with van der Waals surface area (Å²) in [5.41, 5.74) is 2.52. The number of carbonyl (C=O) groups excluding carboxylic acids is 1. The van der Waals surface area contributed by atoms with Crippen molar-refractivity contribution in [3.63, 3.8) is 0 Å². The molecule has 178 valence electrons. The first-order chi connectivity index (χ1) is 17.1. The highest BCUT2D eigenvalue weighted by atomic mass is 32.2. The Balaban J connectivity index is 1.41. The van der Waals surface area contributed by atoms with Crippen LogP contribution in [-0.2, 0) is 12.3 Å². The zero-order valence-electron chi connectivity index (χ0n) is 19.2. The third kappa shape index (κ3) is 5.30. The van der Waals surface area contributed by atoms with Crippen molar-refractivity contribution < 1.29 is 9.18 Å². The number of rotatable bonds is 7. The minimum absolute atomic E-state index is 0.0610. The molecule has 1 heterocycles. The minimum Gasteiger partial charge on any atom is -0.349 e. The van der Waals surface area contributed by atoms with Crippen molar-refractivity contribution in [1.29, 1.82) is 0 Å². The van der Waals surface area contributed by atoms with Gasteiger partial charge in [-0.3, -0.25) is 14.2 Å². The van der Waals surface area contributed by atoms with Crippen LogP contribution in [0.5, 0.6) is 0 Å². The number of thioether (sulfide) groups is 1. The molecule has 1 fully saturated rings. The maximum atomic E-state index is 14.2. The van der Waals surface area contributed by atoms with Gasteiger partial charge in [0.05, 0.1) is 17.4 Å². The highest BCUT2D eigenvalue weighted by Crippen LogP contribution is 2.24. The molecule has 0 aliphatic heterocycles. The number of hydrogen-bond donors (Lipinski definition) is 1. The number of nitrogens with one attached hydrogen (secondary N) is 1. The van der Waals surface area contributed by atoms with Gasteiger partial charge >= 0.3 is 0 Å². The molecule has 7 heteroatoms. The average molecular weight is 488 g/mol. The fourth-order valence-corrected chi connectivity index (χ4v) is 5.42. The molecule has 1 N–H and O–H groups in total. The number of benzene rings is 3. The van der Waals surface area contributed by atoms with Crippen LogP contribution in [-0.4, -0.2) is 21.5 Å². The molecule has 0 atom stereocenters. The van der Waals surface area contributed by atoms with Crippen LogP contribution < -0.4 is 10.9 Å². The fraction of sp³-hybridized carbons (Fsp3) is 0.250. The van der Waals surface area contributed by atoms with E-state index in [2.05, 4.69) is 5.32 Å². The lowest BCUT2D eigenvalue weighted by Crippen LogP contribution is -2.32. The smallest absolute Gasteiger partial charge is 0.262 e. The van der Waals surface area contributed by atoms with Gasteiger partial charge in [0.2, 0.25) is 0 Å². The normalized spacial score (nSPS) is 13.9. The Hall–Kier alpha value is -3.45. The van der Waals surface area contributed by atoms with Gasteiger partial charge < -0.3 is 5.32 Å². The highest BCUT2D eigenvalue weighted by Gasteiger charge is 2.18. The van der Waals surface area contributed by atoms with Crippen molar-refractivity contribution in [2.75, 3.05) is 0 Å². The molecule has 3 aromatic carbocycles. The van der Waals surface area contributed by atoms with Gasteiger partial charge in [0.15, 0.2) is 5.16 Å². The van der Waals surface area contributed by atoms with Crippen LogP contribution in [0.2, 0.25) is 0 Å². The molecule has 0 bridgehead atoms. The Labute approximate surface area is 207 Å². The first kappa shape index (κ1) is 23.3. The van der Waals surface area contributed by atoms with E-state index in [0.29, 0.717) is 39.5 Å². The van der Waals surface area contributed by atoms with Crippen molar-refractivity contribution in [2.45, 2.75) is 49.2 Å². The summed E-state index contributed by atoms with van der Waals surface area (Å²) in [6.07, 6.45) is 4.40. The molecule has 5 rings (SSSR count). The minimum atomic E-state index is -0.277. The van der Waals surface area contributed by atoms with Crippen LogP contribution in [0.4, 0.5) is 4.39 Å². The van der Waals surface area contributed by atoms with Crippen molar-refractivity contribution in [3.05, 3.63) is 106 Å². The SMILES string of the molecule is O=C(NC1CCCC1)c1ccc(Cn2c(SCc3ccccc3F)nc3ccccc3c2=O)cc1. The van der Waals surface area contributed by atoms with Crippen molar-refractivity contribution in [3.8, 4) is 0 Å². The number of aromatic nitrogens is 2. The van der Waals surface area contributed by atoms with Gasteiger partial charge in [0.1, 0.15) is 5.82 Å². The molecule has 5 nitrogen and oxygen atoms in total. The Kier molecular flexibility index (Phi) is 6.95. The second kappa shape index (κ2) is 10.4. The van der Waals surface area contributed by atoms with Crippen LogP contribution in [0.3, 0.4) is 0 Å². The molecule has 0 spiro atoms. The fourth-order valence-electron chi connectivity index (χ4n) is 4.44. The Bertz CT molecular complexity index is 1410. The summed E-state index contributed by atoms with van der Waals surface area (Å²) in [4.78, 5) is 30.7. The zero-order valence-corrected chi connectivity index (χ0v) is 20.1. The van der Waals surface area contributed by atoms with E-state index in [4.69, 9.17) is 4.98 Å². The summed E-state index contributed by atoms with van der Waals surface area (Å²) < 4.78 is 15.8. The number of halogens is 1. The van der Waals surface area contributed by atoms with Gasteiger partial charge in [0.25, 0.3) is 11.5 Å². The van der Waals surface area contributed by atoms with Gasteiger partial charge in [-0.25, -0.2) is 9.37 Å². The van der Waals surface area contributed by atoms with Crippen LogP contribution in [0.1, 0.15) is 47.2 Å². The first-order valence-corrected chi connectivity index (χ1v) is 12.8. The Morgan fingerprint density at radius 1 is 1.00 bits per heavy atom. The third-order valence-corrected chi connectivity index (χ3v) is 7.41. The lowest BCUT2D eigenvalue weighted by Gasteiger charge is -2.14. The van der Waals surface area contributed by atoms with Crippen LogP contribution in [0.15, 0.2) is 82.7 Å². The number of amides is 1. The lowest BCUT2D eigenvalue weighted by molar-refractivity contribution is 0.0938. The Morgan fingerprint density at radius 2 is 1.71 bits per heavy atom. The van der Waals surface area contributed by atoms with E-state index in [9.17, 15) is 14.0 Å². The first-order valence-electron chi connectivity index (χ1n) is 11.8. The van der Waals surface area contributed by atoms with E-state index in [0.717, 1.165) is 31.2 Å². The molecule has 0 radical (unpaired) electrons. The van der Waals surface area contributed by atoms with Crippen LogP contribution in [0, 0.1) is 5.82 Å². The molecule has 1 aliphatic carbocycles. The van der Waals surface area contributed by atoms with Gasteiger partial charge in [0, 0.05) is 17.4 Å². The quantitative estimate of drug-likeness (QED) is 0.274. The molecule has 4 aromatic rings. The maximum Gasteiger partial charge on any atom is 0.262 e. The summed E-state index contributed by atoms with van der Waals surface area (Å²) in [5.74, 6) is 0.0212. The van der Waals surface area contributed by atoms with Crippen molar-refractivity contribution >= 4 is 28.6 Å². The molecule has 1 amide bonds. The van der Waals surface area contributed by atoms with E-state index < -0.39 is 0 Å². The average Bonchev–Trinajstić information content (AvgIpc) is 3.39. The zero-order chi connectivity index (χ0) is 24.2. The topological polar surface area (TPSA) is 64.0 Å². The second-order valence-corrected chi connectivity index (χ2v) is 9.78. The maximum absolute atomic E-state index is 14.2. The molecule has 0 saturated heterocycles. The van der Waals surface area contributed by atoms with E-state index >= 15 is 0 Å². The number of hydrogen-bond acceptors (Lipinski definition) is 4. The van der Waals surface area contributed by atoms with E-state index in [1.54, 1.807) is 41.0 Å². The highest BCUT2D eigenvalue weighted by molar-refractivity contribution is 7.98. The molecular weight excluding hydrogens is 461 g/mol. The van der Waals surface area contributed by atoms with Gasteiger partial charge in [-0.1, -0.05) is 67.1 Å². The predicted octanol–water partition coefficient (Wildman–Crippen LogP) is 5.55. The van der Waals surface area contributed by atoms with Gasteiger partial charge in [-0.2, -0.15) is 0 Å². The summed E-state index contributed by atoms with van der Waals surface area (Å²) in [6.45, 7) is 0.306. The Morgan fingerprint density at radius 3 is 2.49 bits per heavy atom. The predicted molar refractivity (Wildman–Crippen MR) is 137 cm³/mol. The van der Waals surface area contributed by atoms with Gasteiger partial charge in [-0.15, -0.1) is 0 Å². The number of carbonyl (C=O) groups is 1. The molecule has 35 heavy (non-hydrogen) atoms. The molecular formula is C28H26FN3O2S. The summed E-state index contributed by atoms with van der Waals surface area (Å²) in [5, 5.41) is 4.17. The second-order valence-electron chi connectivity index (χ2n) is 8.83. The van der Waals surface area contributed by atoms with E-state index in [1.165, 1.54) is 17.8 Å². The monoisotopic (exact) mass is 487 g/mol. The standard InChI is InChI=1S/C28H26FN3O2S/c29-24-11-5-1-7-21(24)18-35-28-31-25-12-6-4-10-23(25)27(34)32(28)17-19-13-15-20(16-14-19)26(33)30-22-8-2-3-9-22/h1,4-7,10-16,22H,2-3,8-9,17-18H2,(H,30,33). The molecule has 0 unspecified atom stereocenters. The number of fused-ring (bicyclic) bond motifs is 1. The number of para-hydroxylation sites is 1. The van der Waals surface area contributed by atoms with Gasteiger partial charge in [-0.05, 0) is 54.3 Å². The summed E-state index contributed by atoms with van der Waals surface area (Å²) in [7, 11) is 0. The molecule has 1 aromatic heterocycles. The van der Waals surface area contributed by atoms with E-state index in [-0.39, 0.29) is 23.3 Å². The van der Waals surface area contributed by atoms with Crippen molar-refractivity contribution in [2.24, 2.45) is 0 Å². The largest absolute Gasteiger partial charge is 0.349 e. The summed E-state index contributed by atoms with van der Waals surface area (Å²) >= 11 is 1.34. The number of nitrogens with zero attached hydrogens (tertiary/aromatic N) is 2. The lowest BCUT2D eigenvalue weighted by atomic mass is 10.1. The van der Waals surface area contributed by atoms with Crippen LogP contribution >= 0.6 is 11.8 Å². The van der Waals surface area contributed by atoms with Crippen LogP contribution in [0.25, 0.3) is 10.9 Å². The third-order valence-electron chi connectivity index (χ3n) is 6.39. The van der Waals surface area contributed by atoms with E-state index in [1.807, 2.05) is 30.3 Å². The molecule has 1 saturated carbocycles.